The first-order valence-electron chi connectivity index (χ1n) is 9.24. The van der Waals surface area contributed by atoms with E-state index in [-0.39, 0.29) is 11.9 Å². The van der Waals surface area contributed by atoms with Gasteiger partial charge in [-0.3, -0.25) is 0 Å². The van der Waals surface area contributed by atoms with Gasteiger partial charge in [-0.15, -0.1) is 0 Å². The predicted molar refractivity (Wildman–Crippen MR) is 107 cm³/mol. The third kappa shape index (κ3) is 3.73. The molecule has 4 aromatic rings. The van der Waals surface area contributed by atoms with Crippen molar-refractivity contribution in [1.29, 1.82) is 0 Å². The largest absolute Gasteiger partial charge is 0.306 e. The molecule has 142 valence electrons. The molecule has 0 bridgehead atoms. The summed E-state index contributed by atoms with van der Waals surface area (Å²) in [6.45, 7) is 4.79. The summed E-state index contributed by atoms with van der Waals surface area (Å²) in [5.74, 6) is -0.268. The Labute approximate surface area is 163 Å². The number of benzene rings is 2. The first-order chi connectivity index (χ1) is 13.6. The van der Waals surface area contributed by atoms with E-state index >= 15 is 0 Å². The molecule has 1 unspecified atom stereocenters. The second kappa shape index (κ2) is 7.78. The summed E-state index contributed by atoms with van der Waals surface area (Å²) in [6.07, 6.45) is 5.74. The molecule has 2 aromatic heterocycles. The maximum atomic E-state index is 13.5. The van der Waals surface area contributed by atoms with Crippen molar-refractivity contribution in [3.63, 3.8) is 0 Å². The lowest BCUT2D eigenvalue weighted by molar-refractivity contribution is 0.571. The highest BCUT2D eigenvalue weighted by Gasteiger charge is 2.14. The molecule has 4 rings (SSSR count). The van der Waals surface area contributed by atoms with Crippen LogP contribution >= 0.6 is 0 Å². The van der Waals surface area contributed by atoms with Crippen molar-refractivity contribution < 1.29 is 4.39 Å². The molecule has 1 atom stereocenters. The van der Waals surface area contributed by atoms with Crippen LogP contribution in [0.1, 0.15) is 29.8 Å². The fourth-order valence-electron chi connectivity index (χ4n) is 3.27. The van der Waals surface area contributed by atoms with Crippen LogP contribution < -0.4 is 5.32 Å². The van der Waals surface area contributed by atoms with E-state index in [2.05, 4.69) is 22.4 Å². The Morgan fingerprint density at radius 2 is 1.79 bits per heavy atom. The van der Waals surface area contributed by atoms with Gasteiger partial charge < -0.3 is 5.32 Å². The van der Waals surface area contributed by atoms with Crippen LogP contribution in [0.2, 0.25) is 0 Å². The highest BCUT2D eigenvalue weighted by Crippen LogP contribution is 2.21. The van der Waals surface area contributed by atoms with Crippen molar-refractivity contribution in [2.24, 2.45) is 0 Å². The zero-order valence-corrected chi connectivity index (χ0v) is 15.9. The average molecular weight is 375 g/mol. The van der Waals surface area contributed by atoms with E-state index in [1.807, 2.05) is 66.6 Å². The van der Waals surface area contributed by atoms with Crippen LogP contribution in [0.25, 0.3) is 11.4 Å². The lowest BCUT2D eigenvalue weighted by Gasteiger charge is -2.13. The van der Waals surface area contributed by atoms with Gasteiger partial charge in [-0.05, 0) is 44.2 Å². The number of nitrogens with one attached hydrogen (secondary N) is 1. The SMILES string of the molecule is Cc1c(C(C)NCc2cnn(-c3ccccc3)c2)cnn1-c1cccc(F)c1. The van der Waals surface area contributed by atoms with E-state index in [1.165, 1.54) is 12.1 Å². The summed E-state index contributed by atoms with van der Waals surface area (Å²) < 4.78 is 17.2. The summed E-state index contributed by atoms with van der Waals surface area (Å²) in [5, 5.41) is 12.4. The van der Waals surface area contributed by atoms with Crippen LogP contribution in [0.15, 0.2) is 73.2 Å². The molecule has 0 aliphatic carbocycles. The van der Waals surface area contributed by atoms with Gasteiger partial charge in [0.25, 0.3) is 0 Å². The Balaban J connectivity index is 1.45. The van der Waals surface area contributed by atoms with Gasteiger partial charge in [0.15, 0.2) is 0 Å². The summed E-state index contributed by atoms with van der Waals surface area (Å²) >= 11 is 0. The van der Waals surface area contributed by atoms with Crippen LogP contribution in [0, 0.1) is 12.7 Å². The molecule has 5 nitrogen and oxygen atoms in total. The van der Waals surface area contributed by atoms with Crippen molar-refractivity contribution in [3.05, 3.63) is 95.8 Å². The second-order valence-corrected chi connectivity index (χ2v) is 6.81. The van der Waals surface area contributed by atoms with Gasteiger partial charge in [-0.2, -0.15) is 10.2 Å². The normalized spacial score (nSPS) is 12.2. The van der Waals surface area contributed by atoms with Gasteiger partial charge in [0.2, 0.25) is 0 Å². The fourth-order valence-corrected chi connectivity index (χ4v) is 3.27. The first kappa shape index (κ1) is 18.1. The Morgan fingerprint density at radius 1 is 1.00 bits per heavy atom. The summed E-state index contributed by atoms with van der Waals surface area (Å²) in [5.41, 5.74) is 4.94. The van der Waals surface area contributed by atoms with Crippen LogP contribution in [-0.2, 0) is 6.54 Å². The topological polar surface area (TPSA) is 47.7 Å². The molecule has 28 heavy (non-hydrogen) atoms. The Kier molecular flexibility index (Phi) is 5.04. The van der Waals surface area contributed by atoms with Gasteiger partial charge in [0, 0.05) is 35.6 Å². The maximum absolute atomic E-state index is 13.5. The van der Waals surface area contributed by atoms with Gasteiger partial charge in [0.05, 0.1) is 23.8 Å². The van der Waals surface area contributed by atoms with E-state index in [9.17, 15) is 4.39 Å². The first-order valence-corrected chi connectivity index (χ1v) is 9.24. The van der Waals surface area contributed by atoms with Gasteiger partial charge in [0.1, 0.15) is 5.82 Å². The Morgan fingerprint density at radius 3 is 2.57 bits per heavy atom. The van der Waals surface area contributed by atoms with Crippen molar-refractivity contribution in [2.45, 2.75) is 26.4 Å². The highest BCUT2D eigenvalue weighted by molar-refractivity contribution is 5.36. The molecule has 0 aliphatic rings. The molecular formula is C22H22FN5. The number of nitrogens with zero attached hydrogens (tertiary/aromatic N) is 4. The third-order valence-corrected chi connectivity index (χ3v) is 4.84. The van der Waals surface area contributed by atoms with Gasteiger partial charge in [-0.1, -0.05) is 24.3 Å². The van der Waals surface area contributed by atoms with E-state index in [0.29, 0.717) is 6.54 Å². The highest BCUT2D eigenvalue weighted by atomic mass is 19.1. The van der Waals surface area contributed by atoms with E-state index < -0.39 is 0 Å². The minimum absolute atomic E-state index is 0.0994. The monoisotopic (exact) mass is 375 g/mol. The fraction of sp³-hybridized carbons (Fsp3) is 0.182. The molecule has 0 aliphatic heterocycles. The predicted octanol–water partition coefficient (Wildman–Crippen LogP) is 4.36. The third-order valence-electron chi connectivity index (χ3n) is 4.84. The smallest absolute Gasteiger partial charge is 0.125 e. The zero-order chi connectivity index (χ0) is 19.5. The maximum Gasteiger partial charge on any atom is 0.125 e. The molecule has 2 aromatic carbocycles. The van der Waals surface area contributed by atoms with Crippen LogP contribution in [0.3, 0.4) is 0 Å². The average Bonchev–Trinajstić information content (AvgIpc) is 3.34. The zero-order valence-electron chi connectivity index (χ0n) is 15.9. The van der Waals surface area contributed by atoms with Crippen LogP contribution in [0.5, 0.6) is 0 Å². The van der Waals surface area contributed by atoms with Gasteiger partial charge >= 0.3 is 0 Å². The number of para-hydroxylation sites is 1. The standard InChI is InChI=1S/C22H22FN5/c1-16(22-14-26-28(17(22)2)21-10-6-7-19(23)11-21)24-12-18-13-25-27(15-18)20-8-4-3-5-9-20/h3-11,13-16,24H,12H2,1-2H3. The molecule has 1 N–H and O–H groups in total. The molecule has 0 saturated carbocycles. The molecule has 0 amide bonds. The number of halogens is 1. The van der Waals surface area contributed by atoms with E-state index in [0.717, 1.165) is 28.2 Å². The summed E-state index contributed by atoms with van der Waals surface area (Å²) in [6, 6.07) is 16.6. The Bertz CT molecular complexity index is 1070. The minimum atomic E-state index is -0.268. The summed E-state index contributed by atoms with van der Waals surface area (Å²) in [4.78, 5) is 0. The number of aromatic nitrogens is 4. The van der Waals surface area contributed by atoms with Crippen molar-refractivity contribution in [1.82, 2.24) is 24.9 Å². The lowest BCUT2D eigenvalue weighted by atomic mass is 10.1. The molecule has 0 spiro atoms. The number of rotatable bonds is 6. The molecule has 0 saturated heterocycles. The summed E-state index contributed by atoms with van der Waals surface area (Å²) in [7, 11) is 0. The van der Waals surface area contributed by atoms with Crippen molar-refractivity contribution >= 4 is 0 Å². The van der Waals surface area contributed by atoms with Crippen LogP contribution in [0.4, 0.5) is 4.39 Å². The second-order valence-electron chi connectivity index (χ2n) is 6.81. The van der Waals surface area contributed by atoms with E-state index in [4.69, 9.17) is 0 Å². The molecule has 0 fully saturated rings. The minimum Gasteiger partial charge on any atom is -0.306 e. The molecule has 6 heteroatoms. The Hall–Kier alpha value is -3.25. The van der Waals surface area contributed by atoms with E-state index in [1.54, 1.807) is 10.7 Å². The van der Waals surface area contributed by atoms with Crippen molar-refractivity contribution in [2.75, 3.05) is 0 Å². The quantitative estimate of drug-likeness (QED) is 0.545. The van der Waals surface area contributed by atoms with Gasteiger partial charge in [-0.25, -0.2) is 13.8 Å². The van der Waals surface area contributed by atoms with Crippen molar-refractivity contribution in [3.8, 4) is 11.4 Å². The molecule has 0 radical (unpaired) electrons. The molecule has 2 heterocycles. The number of hydrogen-bond donors (Lipinski definition) is 1. The number of hydrogen-bond acceptors (Lipinski definition) is 3. The molecular weight excluding hydrogens is 353 g/mol. The van der Waals surface area contributed by atoms with Crippen LogP contribution in [-0.4, -0.2) is 19.6 Å². The lowest BCUT2D eigenvalue weighted by Crippen LogP contribution is -2.18.